The molecule has 1 saturated heterocycles. The molecule has 2 aromatic carbocycles. The van der Waals surface area contributed by atoms with Crippen LogP contribution in [0.5, 0.6) is 0 Å². The van der Waals surface area contributed by atoms with Crippen LogP contribution in [0.3, 0.4) is 0 Å². The number of aryl methyl sites for hydroxylation is 2. The SMILES string of the molecule is Cc1cc(C)cc(CN2CCC3(CC2)CC3C(=O)NCc2cccc(C(F)(F)F)c2)c1. The summed E-state index contributed by atoms with van der Waals surface area (Å²) >= 11 is 0. The molecule has 1 N–H and O–H groups in total. The van der Waals surface area contributed by atoms with Crippen LogP contribution in [0.1, 0.15) is 47.1 Å². The molecule has 166 valence electrons. The zero-order chi connectivity index (χ0) is 22.2. The smallest absolute Gasteiger partial charge is 0.352 e. The molecule has 3 nitrogen and oxygen atoms in total. The number of alkyl halides is 3. The van der Waals surface area contributed by atoms with E-state index in [-0.39, 0.29) is 23.8 Å². The second kappa shape index (κ2) is 8.30. The van der Waals surface area contributed by atoms with Gasteiger partial charge in [-0.25, -0.2) is 0 Å². The van der Waals surface area contributed by atoms with Gasteiger partial charge >= 0.3 is 6.18 Å². The van der Waals surface area contributed by atoms with Gasteiger partial charge in [-0.3, -0.25) is 9.69 Å². The van der Waals surface area contributed by atoms with E-state index in [1.165, 1.54) is 22.8 Å². The molecule has 1 saturated carbocycles. The predicted molar refractivity (Wildman–Crippen MR) is 114 cm³/mol. The van der Waals surface area contributed by atoms with Gasteiger partial charge in [0.1, 0.15) is 0 Å². The number of rotatable bonds is 5. The number of benzene rings is 2. The van der Waals surface area contributed by atoms with Crippen LogP contribution in [-0.4, -0.2) is 23.9 Å². The van der Waals surface area contributed by atoms with Crippen LogP contribution in [0.4, 0.5) is 13.2 Å². The number of carbonyl (C=O) groups is 1. The maximum Gasteiger partial charge on any atom is 0.416 e. The lowest BCUT2D eigenvalue weighted by atomic mass is 9.90. The molecule has 1 atom stereocenters. The number of piperidine rings is 1. The first-order chi connectivity index (χ1) is 14.6. The van der Waals surface area contributed by atoms with E-state index in [1.807, 2.05) is 0 Å². The molecule has 1 aliphatic heterocycles. The first-order valence-corrected chi connectivity index (χ1v) is 10.9. The molecular formula is C25H29F3N2O. The molecule has 6 heteroatoms. The Morgan fingerprint density at radius 2 is 1.74 bits per heavy atom. The number of nitrogens with one attached hydrogen (secondary N) is 1. The van der Waals surface area contributed by atoms with Crippen LogP contribution < -0.4 is 5.32 Å². The number of nitrogens with zero attached hydrogens (tertiary/aromatic N) is 1. The lowest BCUT2D eigenvalue weighted by molar-refractivity contribution is -0.137. The minimum atomic E-state index is -4.37. The van der Waals surface area contributed by atoms with Crippen LogP contribution in [0.2, 0.25) is 0 Å². The van der Waals surface area contributed by atoms with Gasteiger partial charge in [-0.2, -0.15) is 13.2 Å². The third-order valence-corrected chi connectivity index (χ3v) is 6.77. The van der Waals surface area contributed by atoms with Gasteiger partial charge in [0.05, 0.1) is 5.56 Å². The van der Waals surface area contributed by atoms with E-state index in [1.54, 1.807) is 6.07 Å². The average molecular weight is 431 g/mol. The molecule has 1 amide bonds. The van der Waals surface area contributed by atoms with Crippen molar-refractivity contribution in [2.75, 3.05) is 13.1 Å². The largest absolute Gasteiger partial charge is 0.416 e. The maximum atomic E-state index is 12.9. The predicted octanol–water partition coefficient (Wildman–Crippen LogP) is 5.24. The van der Waals surface area contributed by atoms with E-state index < -0.39 is 11.7 Å². The summed E-state index contributed by atoms with van der Waals surface area (Å²) in [6, 6.07) is 11.8. The van der Waals surface area contributed by atoms with E-state index in [9.17, 15) is 18.0 Å². The average Bonchev–Trinajstić information content (AvgIpc) is 3.40. The van der Waals surface area contributed by atoms with Crippen LogP contribution in [0.15, 0.2) is 42.5 Å². The molecule has 4 rings (SSSR count). The third-order valence-electron chi connectivity index (χ3n) is 6.77. The summed E-state index contributed by atoms with van der Waals surface area (Å²) in [5, 5.41) is 2.85. The van der Waals surface area contributed by atoms with Gasteiger partial charge in [-0.15, -0.1) is 0 Å². The van der Waals surface area contributed by atoms with E-state index in [2.05, 4.69) is 42.3 Å². The van der Waals surface area contributed by atoms with Gasteiger partial charge in [-0.1, -0.05) is 41.5 Å². The first kappa shape index (κ1) is 21.9. The van der Waals surface area contributed by atoms with Crippen LogP contribution in [0.25, 0.3) is 0 Å². The Morgan fingerprint density at radius 1 is 1.06 bits per heavy atom. The minimum Gasteiger partial charge on any atom is -0.352 e. The number of likely N-dealkylation sites (tertiary alicyclic amines) is 1. The van der Waals surface area contributed by atoms with Crippen LogP contribution in [-0.2, 0) is 24.1 Å². The monoisotopic (exact) mass is 430 g/mol. The molecule has 0 aromatic heterocycles. The number of amides is 1. The van der Waals surface area contributed by atoms with Crippen LogP contribution in [0, 0.1) is 25.2 Å². The zero-order valence-electron chi connectivity index (χ0n) is 18.1. The molecule has 1 spiro atoms. The van der Waals surface area contributed by atoms with Crippen molar-refractivity contribution in [2.24, 2.45) is 11.3 Å². The number of hydrogen-bond donors (Lipinski definition) is 1. The summed E-state index contributed by atoms with van der Waals surface area (Å²) in [6.45, 7) is 7.26. The Bertz CT molecular complexity index is 941. The Balaban J connectivity index is 1.27. The highest BCUT2D eigenvalue weighted by molar-refractivity contribution is 5.82. The van der Waals surface area contributed by atoms with Gasteiger partial charge in [-0.05, 0) is 74.9 Å². The van der Waals surface area contributed by atoms with Crippen molar-refractivity contribution in [2.45, 2.75) is 52.4 Å². The Morgan fingerprint density at radius 3 is 2.39 bits per heavy atom. The lowest BCUT2D eigenvalue weighted by Gasteiger charge is -2.33. The first-order valence-electron chi connectivity index (χ1n) is 10.9. The van der Waals surface area contributed by atoms with Crippen molar-refractivity contribution in [3.05, 3.63) is 70.3 Å². The highest BCUT2D eigenvalue weighted by Crippen LogP contribution is 2.59. The van der Waals surface area contributed by atoms with Crippen molar-refractivity contribution in [1.29, 1.82) is 0 Å². The van der Waals surface area contributed by atoms with Gasteiger partial charge in [0.25, 0.3) is 0 Å². The molecule has 1 aliphatic carbocycles. The molecular weight excluding hydrogens is 401 g/mol. The van der Waals surface area contributed by atoms with Gasteiger partial charge in [0, 0.05) is 19.0 Å². The molecule has 0 bridgehead atoms. The molecule has 2 aliphatic rings. The van der Waals surface area contributed by atoms with Crippen molar-refractivity contribution >= 4 is 5.91 Å². The summed E-state index contributed by atoms with van der Waals surface area (Å²) in [5.74, 6) is -0.0400. The van der Waals surface area contributed by atoms with E-state index in [0.29, 0.717) is 5.56 Å². The molecule has 0 radical (unpaired) electrons. The molecule has 2 fully saturated rings. The van der Waals surface area contributed by atoms with Gasteiger partial charge < -0.3 is 5.32 Å². The van der Waals surface area contributed by atoms with Gasteiger partial charge in [0.15, 0.2) is 0 Å². The van der Waals surface area contributed by atoms with E-state index >= 15 is 0 Å². The number of carbonyl (C=O) groups excluding carboxylic acids is 1. The molecule has 2 aromatic rings. The third kappa shape index (κ3) is 5.12. The molecule has 1 unspecified atom stereocenters. The summed E-state index contributed by atoms with van der Waals surface area (Å²) in [5.41, 5.74) is 3.77. The zero-order valence-corrected chi connectivity index (χ0v) is 18.1. The van der Waals surface area contributed by atoms with Crippen molar-refractivity contribution in [1.82, 2.24) is 10.2 Å². The van der Waals surface area contributed by atoms with E-state index in [0.717, 1.165) is 51.0 Å². The fourth-order valence-corrected chi connectivity index (χ4v) is 5.02. The Labute approximate surface area is 181 Å². The fraction of sp³-hybridized carbons (Fsp3) is 0.480. The normalized spacial score (nSPS) is 20.6. The number of hydrogen-bond acceptors (Lipinski definition) is 2. The highest BCUT2D eigenvalue weighted by Gasteiger charge is 2.58. The Hall–Kier alpha value is -2.34. The summed E-state index contributed by atoms with van der Waals surface area (Å²) < 4.78 is 38.6. The maximum absolute atomic E-state index is 12.9. The quantitative estimate of drug-likeness (QED) is 0.704. The van der Waals surface area contributed by atoms with Crippen molar-refractivity contribution < 1.29 is 18.0 Å². The fourth-order valence-electron chi connectivity index (χ4n) is 5.02. The molecule has 1 heterocycles. The van der Waals surface area contributed by atoms with E-state index in [4.69, 9.17) is 0 Å². The highest BCUT2D eigenvalue weighted by atomic mass is 19.4. The minimum absolute atomic E-state index is 0.0123. The second-order valence-electron chi connectivity index (χ2n) is 9.31. The van der Waals surface area contributed by atoms with Gasteiger partial charge in [0.2, 0.25) is 5.91 Å². The topological polar surface area (TPSA) is 32.3 Å². The number of halogens is 3. The summed E-state index contributed by atoms with van der Waals surface area (Å²) in [4.78, 5) is 15.1. The standard InChI is InChI=1S/C25H29F3N2O/c1-17-10-18(2)12-20(11-17)16-30-8-6-24(7-9-30)14-22(24)23(31)29-15-19-4-3-5-21(13-19)25(26,27)28/h3-5,10-13,22H,6-9,14-16H2,1-2H3,(H,29,31). The summed E-state index contributed by atoms with van der Waals surface area (Å²) in [6.07, 6.45) is -1.48. The van der Waals surface area contributed by atoms with Crippen molar-refractivity contribution in [3.8, 4) is 0 Å². The van der Waals surface area contributed by atoms with Crippen molar-refractivity contribution in [3.63, 3.8) is 0 Å². The lowest BCUT2D eigenvalue weighted by Crippen LogP contribution is -2.36. The van der Waals surface area contributed by atoms with Crippen LogP contribution >= 0.6 is 0 Å². The second-order valence-corrected chi connectivity index (χ2v) is 9.31. The summed E-state index contributed by atoms with van der Waals surface area (Å²) in [7, 11) is 0. The molecule has 31 heavy (non-hydrogen) atoms. The Kier molecular flexibility index (Phi) is 5.86.